The second kappa shape index (κ2) is 8.35. The quantitative estimate of drug-likeness (QED) is 0.606. The van der Waals surface area contributed by atoms with Crippen molar-refractivity contribution in [1.29, 1.82) is 0 Å². The first-order valence-electron chi connectivity index (χ1n) is 5.68. The Morgan fingerprint density at radius 1 is 1.31 bits per heavy atom. The molecule has 0 spiro atoms. The molecule has 0 aliphatic heterocycles. The maximum atomic E-state index is 11.5. The number of ether oxygens (including phenoxy) is 1. The molecule has 0 heterocycles. The lowest BCUT2D eigenvalue weighted by Gasteiger charge is -2.21. The molecular formula is C11H24N2O3. The van der Waals surface area contributed by atoms with Crippen LogP contribution in [0, 0.1) is 5.92 Å². The molecule has 16 heavy (non-hydrogen) atoms. The minimum absolute atomic E-state index is 0.0420. The average molecular weight is 232 g/mol. The predicted octanol–water partition coefficient (Wildman–Crippen LogP) is 0.728. The molecule has 0 aromatic carbocycles. The van der Waals surface area contributed by atoms with Crippen molar-refractivity contribution in [2.45, 2.75) is 39.3 Å². The number of carbonyl (C=O) groups is 1. The number of amides is 2. The van der Waals surface area contributed by atoms with Gasteiger partial charge in [0.25, 0.3) is 0 Å². The maximum Gasteiger partial charge on any atom is 0.315 e. The summed E-state index contributed by atoms with van der Waals surface area (Å²) >= 11 is 0. The number of rotatable bonds is 7. The van der Waals surface area contributed by atoms with Crippen LogP contribution in [0.25, 0.3) is 0 Å². The van der Waals surface area contributed by atoms with E-state index in [2.05, 4.69) is 10.6 Å². The van der Waals surface area contributed by atoms with Gasteiger partial charge in [-0.3, -0.25) is 0 Å². The molecule has 0 aromatic rings. The van der Waals surface area contributed by atoms with E-state index in [9.17, 15) is 4.79 Å². The lowest BCUT2D eigenvalue weighted by Crippen LogP contribution is -2.47. The van der Waals surface area contributed by atoms with Gasteiger partial charge in [-0.05, 0) is 26.2 Å². The zero-order valence-electron chi connectivity index (χ0n) is 10.6. The Morgan fingerprint density at radius 3 is 2.44 bits per heavy atom. The molecule has 0 aromatic heterocycles. The summed E-state index contributed by atoms with van der Waals surface area (Å²) in [4.78, 5) is 11.5. The van der Waals surface area contributed by atoms with Crippen molar-refractivity contribution < 1.29 is 14.6 Å². The maximum absolute atomic E-state index is 11.5. The van der Waals surface area contributed by atoms with Gasteiger partial charge in [0.1, 0.15) is 0 Å². The standard InChI is InChI=1S/C11H24N2O3/c1-8(7-14)10(3)13-11(15)12-9(2)5-6-16-4/h8-10,14H,5-7H2,1-4H3,(H2,12,13,15). The topological polar surface area (TPSA) is 70.6 Å². The van der Waals surface area contributed by atoms with E-state index in [0.29, 0.717) is 6.61 Å². The predicted molar refractivity (Wildman–Crippen MR) is 63.3 cm³/mol. The molecule has 3 atom stereocenters. The van der Waals surface area contributed by atoms with E-state index in [4.69, 9.17) is 9.84 Å². The van der Waals surface area contributed by atoms with E-state index in [1.54, 1.807) is 7.11 Å². The van der Waals surface area contributed by atoms with Crippen LogP contribution >= 0.6 is 0 Å². The van der Waals surface area contributed by atoms with Crippen LogP contribution in [0.1, 0.15) is 27.2 Å². The van der Waals surface area contributed by atoms with E-state index in [0.717, 1.165) is 6.42 Å². The largest absolute Gasteiger partial charge is 0.396 e. The summed E-state index contributed by atoms with van der Waals surface area (Å²) in [7, 11) is 1.64. The number of nitrogens with one attached hydrogen (secondary N) is 2. The van der Waals surface area contributed by atoms with Gasteiger partial charge in [-0.1, -0.05) is 6.92 Å². The molecule has 0 radical (unpaired) electrons. The second-order valence-electron chi connectivity index (χ2n) is 4.25. The summed E-state index contributed by atoms with van der Waals surface area (Å²) in [6.07, 6.45) is 0.786. The highest BCUT2D eigenvalue weighted by Crippen LogP contribution is 2.00. The van der Waals surface area contributed by atoms with Gasteiger partial charge in [-0.2, -0.15) is 0 Å². The van der Waals surface area contributed by atoms with Gasteiger partial charge in [-0.15, -0.1) is 0 Å². The molecule has 5 heteroatoms. The molecule has 96 valence electrons. The van der Waals surface area contributed by atoms with E-state index >= 15 is 0 Å². The normalized spacial score (nSPS) is 16.3. The number of aliphatic hydroxyl groups is 1. The Bertz CT molecular complexity index is 200. The molecule has 0 fully saturated rings. The summed E-state index contributed by atoms with van der Waals surface area (Å²) in [5.41, 5.74) is 0. The third-order valence-corrected chi connectivity index (χ3v) is 2.63. The molecule has 0 saturated heterocycles. The van der Waals surface area contributed by atoms with Gasteiger partial charge in [-0.25, -0.2) is 4.79 Å². The highest BCUT2D eigenvalue weighted by Gasteiger charge is 2.14. The zero-order valence-corrected chi connectivity index (χ0v) is 10.6. The van der Waals surface area contributed by atoms with Gasteiger partial charge in [0.15, 0.2) is 0 Å². The van der Waals surface area contributed by atoms with Gasteiger partial charge < -0.3 is 20.5 Å². The Balaban J connectivity index is 3.80. The first-order valence-corrected chi connectivity index (χ1v) is 5.68. The number of carbonyl (C=O) groups excluding carboxylic acids is 1. The molecular weight excluding hydrogens is 208 g/mol. The third kappa shape index (κ3) is 6.63. The van der Waals surface area contributed by atoms with Crippen LogP contribution in [0.3, 0.4) is 0 Å². The highest BCUT2D eigenvalue weighted by atomic mass is 16.5. The van der Waals surface area contributed by atoms with Crippen molar-refractivity contribution in [3.63, 3.8) is 0 Å². The smallest absolute Gasteiger partial charge is 0.315 e. The summed E-state index contributed by atoms with van der Waals surface area (Å²) in [5.74, 6) is 0.0556. The van der Waals surface area contributed by atoms with E-state index in [1.807, 2.05) is 20.8 Å². The SMILES string of the molecule is COCCC(C)NC(=O)NC(C)C(C)CO. The Morgan fingerprint density at radius 2 is 1.94 bits per heavy atom. The minimum atomic E-state index is -0.198. The van der Waals surface area contributed by atoms with Crippen molar-refractivity contribution in [3.8, 4) is 0 Å². The monoisotopic (exact) mass is 232 g/mol. The van der Waals surface area contributed by atoms with Crippen LogP contribution in [-0.2, 0) is 4.74 Å². The van der Waals surface area contributed by atoms with Gasteiger partial charge in [0.2, 0.25) is 0 Å². The Kier molecular flexibility index (Phi) is 7.93. The molecule has 3 N–H and O–H groups in total. The van der Waals surface area contributed by atoms with Crippen LogP contribution in [-0.4, -0.2) is 43.5 Å². The first-order chi connectivity index (χ1) is 7.51. The molecule has 0 rings (SSSR count). The van der Waals surface area contributed by atoms with Crippen LogP contribution in [0.2, 0.25) is 0 Å². The molecule has 0 bridgehead atoms. The van der Waals surface area contributed by atoms with Crippen molar-refractivity contribution >= 4 is 6.03 Å². The third-order valence-electron chi connectivity index (χ3n) is 2.63. The molecule has 0 aliphatic carbocycles. The first kappa shape index (κ1) is 15.2. The summed E-state index contributed by atoms with van der Waals surface area (Å²) < 4.78 is 4.93. The van der Waals surface area contributed by atoms with Crippen molar-refractivity contribution in [2.75, 3.05) is 20.3 Å². The van der Waals surface area contributed by atoms with Crippen LogP contribution in [0.15, 0.2) is 0 Å². The van der Waals surface area contributed by atoms with Crippen LogP contribution in [0.4, 0.5) is 4.79 Å². The number of urea groups is 1. The lowest BCUT2D eigenvalue weighted by molar-refractivity contribution is 0.181. The molecule has 0 aliphatic rings. The summed E-state index contributed by atoms with van der Waals surface area (Å²) in [5, 5.41) is 14.5. The van der Waals surface area contributed by atoms with Crippen molar-refractivity contribution in [3.05, 3.63) is 0 Å². The number of aliphatic hydroxyl groups excluding tert-OH is 1. The average Bonchev–Trinajstić information content (AvgIpc) is 2.24. The van der Waals surface area contributed by atoms with Crippen LogP contribution in [0.5, 0.6) is 0 Å². The Hall–Kier alpha value is -0.810. The van der Waals surface area contributed by atoms with E-state index in [-0.39, 0.29) is 30.6 Å². The van der Waals surface area contributed by atoms with E-state index < -0.39 is 0 Å². The number of hydrogen-bond donors (Lipinski definition) is 3. The lowest BCUT2D eigenvalue weighted by atomic mass is 10.1. The number of methoxy groups -OCH3 is 1. The zero-order chi connectivity index (χ0) is 12.6. The van der Waals surface area contributed by atoms with Crippen LogP contribution < -0.4 is 10.6 Å². The van der Waals surface area contributed by atoms with Gasteiger partial charge >= 0.3 is 6.03 Å². The Labute approximate surface area is 97.6 Å². The fourth-order valence-electron chi connectivity index (χ4n) is 1.14. The van der Waals surface area contributed by atoms with Gasteiger partial charge in [0.05, 0.1) is 0 Å². The van der Waals surface area contributed by atoms with Crippen molar-refractivity contribution in [2.24, 2.45) is 5.92 Å². The molecule has 0 saturated carbocycles. The molecule has 5 nitrogen and oxygen atoms in total. The van der Waals surface area contributed by atoms with Crippen molar-refractivity contribution in [1.82, 2.24) is 10.6 Å². The second-order valence-corrected chi connectivity index (χ2v) is 4.25. The summed E-state index contributed by atoms with van der Waals surface area (Å²) in [6, 6.07) is -0.160. The fourth-order valence-corrected chi connectivity index (χ4v) is 1.14. The highest BCUT2D eigenvalue weighted by molar-refractivity contribution is 5.74. The molecule has 2 amide bonds. The fraction of sp³-hybridized carbons (Fsp3) is 0.909. The van der Waals surface area contributed by atoms with Gasteiger partial charge in [0, 0.05) is 32.4 Å². The number of hydrogen-bond acceptors (Lipinski definition) is 3. The molecule has 3 unspecified atom stereocenters. The minimum Gasteiger partial charge on any atom is -0.396 e. The summed E-state index contributed by atoms with van der Waals surface area (Å²) in [6.45, 7) is 6.39. The van der Waals surface area contributed by atoms with E-state index in [1.165, 1.54) is 0 Å².